The average molecular weight is 399 g/mol. The summed E-state index contributed by atoms with van der Waals surface area (Å²) >= 11 is 1.27. The minimum Gasteiger partial charge on any atom is -0.378 e. The highest BCUT2D eigenvalue weighted by atomic mass is 32.1. The summed E-state index contributed by atoms with van der Waals surface area (Å²) in [6, 6.07) is 3.70. The molecule has 0 bridgehead atoms. The van der Waals surface area contributed by atoms with Gasteiger partial charge in [0.05, 0.1) is 36.2 Å². The maximum atomic E-state index is 12.8. The fourth-order valence-corrected chi connectivity index (χ4v) is 4.44. The van der Waals surface area contributed by atoms with E-state index in [1.165, 1.54) is 11.3 Å². The zero-order valence-corrected chi connectivity index (χ0v) is 16.2. The molecule has 0 saturated carbocycles. The summed E-state index contributed by atoms with van der Waals surface area (Å²) in [5.74, 6) is 0.0246. The maximum absolute atomic E-state index is 12.8. The van der Waals surface area contributed by atoms with Gasteiger partial charge in [0.2, 0.25) is 0 Å². The second kappa shape index (κ2) is 8.12. The Morgan fingerprint density at radius 2 is 2.18 bits per heavy atom. The van der Waals surface area contributed by atoms with E-state index in [1.807, 2.05) is 15.7 Å². The topological polar surface area (TPSA) is 100 Å². The number of rotatable bonds is 4. The molecule has 0 unspecified atom stereocenters. The van der Waals surface area contributed by atoms with Crippen LogP contribution in [0, 0.1) is 17.2 Å². The summed E-state index contributed by atoms with van der Waals surface area (Å²) < 4.78 is 7.23. The van der Waals surface area contributed by atoms with Crippen molar-refractivity contribution in [3.8, 4) is 6.07 Å². The van der Waals surface area contributed by atoms with Crippen molar-refractivity contribution >= 4 is 23.2 Å². The summed E-state index contributed by atoms with van der Waals surface area (Å²) in [5, 5.41) is 18.1. The van der Waals surface area contributed by atoms with Crippen molar-refractivity contribution in [2.24, 2.45) is 5.92 Å². The molecule has 8 nitrogen and oxygen atoms in total. The van der Waals surface area contributed by atoms with Crippen LogP contribution in [-0.4, -0.2) is 59.3 Å². The third-order valence-corrected chi connectivity index (χ3v) is 6.16. The number of fused-ring (bicyclic) bond motifs is 1. The Kier molecular flexibility index (Phi) is 5.41. The number of ether oxygens (including phenoxy) is 1. The van der Waals surface area contributed by atoms with Gasteiger partial charge in [-0.05, 0) is 30.2 Å². The van der Waals surface area contributed by atoms with Crippen molar-refractivity contribution in [1.82, 2.24) is 20.0 Å². The SMILES string of the molecule is N#Cc1ccsc1C(=O)NC[C@H]1CCn2ncc(C(=O)N3CCOCC3)c2C1. The molecule has 1 atom stereocenters. The minimum absolute atomic E-state index is 0.00600. The number of amides is 2. The van der Waals surface area contributed by atoms with E-state index in [1.54, 1.807) is 17.6 Å². The molecule has 2 amide bonds. The molecule has 0 aliphatic carbocycles. The number of nitrogens with zero attached hydrogens (tertiary/aromatic N) is 4. The van der Waals surface area contributed by atoms with Gasteiger partial charge in [-0.3, -0.25) is 14.3 Å². The number of carbonyl (C=O) groups excluding carboxylic acids is 2. The molecule has 1 fully saturated rings. The normalized spacial score (nSPS) is 19.0. The number of aromatic nitrogens is 2. The Bertz CT molecular complexity index is 922. The van der Waals surface area contributed by atoms with E-state index >= 15 is 0 Å². The smallest absolute Gasteiger partial charge is 0.262 e. The molecule has 0 aromatic carbocycles. The number of hydrogen-bond acceptors (Lipinski definition) is 6. The van der Waals surface area contributed by atoms with Crippen molar-refractivity contribution in [2.45, 2.75) is 19.4 Å². The van der Waals surface area contributed by atoms with Gasteiger partial charge in [0, 0.05) is 26.2 Å². The molecule has 4 heterocycles. The van der Waals surface area contributed by atoms with E-state index in [9.17, 15) is 9.59 Å². The van der Waals surface area contributed by atoms with E-state index in [0.717, 1.165) is 18.7 Å². The number of aryl methyl sites for hydroxylation is 1. The Morgan fingerprint density at radius 3 is 2.96 bits per heavy atom. The molecule has 28 heavy (non-hydrogen) atoms. The second-order valence-corrected chi connectivity index (χ2v) is 7.89. The summed E-state index contributed by atoms with van der Waals surface area (Å²) in [7, 11) is 0. The number of nitriles is 1. The third kappa shape index (κ3) is 3.66. The van der Waals surface area contributed by atoms with Crippen LogP contribution < -0.4 is 5.32 Å². The number of nitrogens with one attached hydrogen (secondary N) is 1. The lowest BCUT2D eigenvalue weighted by molar-refractivity contribution is 0.0301. The molecular weight excluding hydrogens is 378 g/mol. The monoisotopic (exact) mass is 399 g/mol. The van der Waals surface area contributed by atoms with Crippen LogP contribution in [0.2, 0.25) is 0 Å². The number of morpholine rings is 1. The van der Waals surface area contributed by atoms with Crippen molar-refractivity contribution in [3.63, 3.8) is 0 Å². The molecule has 0 radical (unpaired) electrons. The predicted molar refractivity (Wildman–Crippen MR) is 102 cm³/mol. The van der Waals surface area contributed by atoms with E-state index in [-0.39, 0.29) is 17.7 Å². The number of thiophene rings is 1. The van der Waals surface area contributed by atoms with Crippen LogP contribution in [0.25, 0.3) is 0 Å². The summed E-state index contributed by atoms with van der Waals surface area (Å²) in [5.41, 5.74) is 2.00. The van der Waals surface area contributed by atoms with Crippen LogP contribution in [0.5, 0.6) is 0 Å². The van der Waals surface area contributed by atoms with Gasteiger partial charge >= 0.3 is 0 Å². The Morgan fingerprint density at radius 1 is 1.36 bits per heavy atom. The van der Waals surface area contributed by atoms with Gasteiger partial charge < -0.3 is 15.0 Å². The van der Waals surface area contributed by atoms with Crippen LogP contribution in [0.4, 0.5) is 0 Å². The van der Waals surface area contributed by atoms with Crippen molar-refractivity contribution < 1.29 is 14.3 Å². The molecular formula is C19H21N5O3S. The van der Waals surface area contributed by atoms with Crippen LogP contribution in [-0.2, 0) is 17.7 Å². The van der Waals surface area contributed by atoms with Gasteiger partial charge in [-0.15, -0.1) is 11.3 Å². The van der Waals surface area contributed by atoms with Crippen LogP contribution in [0.15, 0.2) is 17.6 Å². The Labute approximate surface area is 166 Å². The second-order valence-electron chi connectivity index (χ2n) is 6.98. The highest BCUT2D eigenvalue weighted by Gasteiger charge is 2.28. The minimum atomic E-state index is -0.213. The number of carbonyl (C=O) groups is 2. The van der Waals surface area contributed by atoms with E-state index in [4.69, 9.17) is 10.00 Å². The molecule has 2 aliphatic heterocycles. The molecule has 1 N–H and O–H groups in total. The Balaban J connectivity index is 1.40. The largest absolute Gasteiger partial charge is 0.378 e. The van der Waals surface area contributed by atoms with E-state index < -0.39 is 0 Å². The lowest BCUT2D eigenvalue weighted by atomic mass is 9.94. The van der Waals surface area contributed by atoms with E-state index in [2.05, 4.69) is 10.4 Å². The van der Waals surface area contributed by atoms with Crippen LogP contribution in [0.3, 0.4) is 0 Å². The molecule has 0 spiro atoms. The molecule has 2 aromatic heterocycles. The number of hydrogen-bond donors (Lipinski definition) is 1. The van der Waals surface area contributed by atoms with Crippen molar-refractivity contribution in [3.05, 3.63) is 39.3 Å². The zero-order chi connectivity index (χ0) is 19.5. The van der Waals surface area contributed by atoms with E-state index in [0.29, 0.717) is 55.3 Å². The molecule has 2 aromatic rings. The van der Waals surface area contributed by atoms with Gasteiger partial charge in [-0.25, -0.2) is 0 Å². The lowest BCUT2D eigenvalue weighted by Crippen LogP contribution is -2.41. The highest BCUT2D eigenvalue weighted by molar-refractivity contribution is 7.12. The summed E-state index contributed by atoms with van der Waals surface area (Å²) in [6.45, 7) is 3.58. The quantitative estimate of drug-likeness (QED) is 0.835. The fourth-order valence-electron chi connectivity index (χ4n) is 3.68. The molecule has 2 aliphatic rings. The zero-order valence-electron chi connectivity index (χ0n) is 15.4. The van der Waals surface area contributed by atoms with Gasteiger partial charge in [-0.1, -0.05) is 0 Å². The van der Waals surface area contributed by atoms with Gasteiger partial charge in [0.25, 0.3) is 11.8 Å². The van der Waals surface area contributed by atoms with Gasteiger partial charge in [0.1, 0.15) is 10.9 Å². The summed E-state index contributed by atoms with van der Waals surface area (Å²) in [6.07, 6.45) is 3.25. The lowest BCUT2D eigenvalue weighted by Gasteiger charge is -2.28. The predicted octanol–water partition coefficient (Wildman–Crippen LogP) is 1.28. The van der Waals surface area contributed by atoms with Crippen molar-refractivity contribution in [2.75, 3.05) is 32.8 Å². The first kappa shape index (κ1) is 18.7. The third-order valence-electron chi connectivity index (χ3n) is 5.25. The fraction of sp³-hybridized carbons (Fsp3) is 0.474. The average Bonchev–Trinajstić information content (AvgIpc) is 3.38. The van der Waals surface area contributed by atoms with Gasteiger partial charge in [-0.2, -0.15) is 10.4 Å². The molecule has 9 heteroatoms. The molecule has 146 valence electrons. The van der Waals surface area contributed by atoms with Gasteiger partial charge in [0.15, 0.2) is 0 Å². The Hall–Kier alpha value is -2.70. The maximum Gasteiger partial charge on any atom is 0.262 e. The highest BCUT2D eigenvalue weighted by Crippen LogP contribution is 2.24. The van der Waals surface area contributed by atoms with Crippen LogP contribution in [0.1, 0.15) is 37.7 Å². The van der Waals surface area contributed by atoms with Crippen LogP contribution >= 0.6 is 11.3 Å². The first-order chi connectivity index (χ1) is 13.7. The molecule has 4 rings (SSSR count). The molecule has 1 saturated heterocycles. The first-order valence-electron chi connectivity index (χ1n) is 9.35. The summed E-state index contributed by atoms with van der Waals surface area (Å²) in [4.78, 5) is 27.5. The first-order valence-corrected chi connectivity index (χ1v) is 10.2. The standard InChI is InChI=1S/C19H21N5O3S/c20-10-14-2-8-28-17(14)18(25)21-11-13-1-3-24-16(9-13)15(12-22-24)19(26)23-4-6-27-7-5-23/h2,8,12-13H,1,3-7,9,11H2,(H,21,25)/t13-/m0/s1. The van der Waals surface area contributed by atoms with Crippen molar-refractivity contribution in [1.29, 1.82) is 5.26 Å².